The van der Waals surface area contributed by atoms with Gasteiger partial charge in [-0.2, -0.15) is 0 Å². The Kier molecular flexibility index (Phi) is 6.81. The van der Waals surface area contributed by atoms with Crippen LogP contribution in [-0.2, 0) is 20.8 Å². The molecule has 6 nitrogen and oxygen atoms in total. The van der Waals surface area contributed by atoms with E-state index in [2.05, 4.69) is 9.72 Å². The van der Waals surface area contributed by atoms with Gasteiger partial charge in [-0.3, -0.25) is 14.7 Å². The van der Waals surface area contributed by atoms with Crippen molar-refractivity contribution in [3.63, 3.8) is 0 Å². The fourth-order valence-electron chi connectivity index (χ4n) is 1.76. The van der Waals surface area contributed by atoms with E-state index in [9.17, 15) is 9.59 Å². The summed E-state index contributed by atoms with van der Waals surface area (Å²) in [7, 11) is 1.33. The molecular weight excluding hydrogens is 272 g/mol. The van der Waals surface area contributed by atoms with Crippen molar-refractivity contribution in [2.75, 3.05) is 20.3 Å². The van der Waals surface area contributed by atoms with Crippen LogP contribution in [0.25, 0.3) is 0 Å². The second-order valence-corrected chi connectivity index (χ2v) is 4.83. The number of carbonyl (C=O) groups excluding carboxylic acids is 2. The highest BCUT2D eigenvalue weighted by atomic mass is 16.5. The van der Waals surface area contributed by atoms with Gasteiger partial charge in [-0.1, -0.05) is 0 Å². The van der Waals surface area contributed by atoms with E-state index < -0.39 is 5.97 Å². The Morgan fingerprint density at radius 2 is 2.05 bits per heavy atom. The summed E-state index contributed by atoms with van der Waals surface area (Å²) in [6, 6.07) is 3.60. The summed E-state index contributed by atoms with van der Waals surface area (Å²) < 4.78 is 9.59. The highest BCUT2D eigenvalue weighted by Crippen LogP contribution is 2.08. The topological polar surface area (TPSA) is 68.7 Å². The highest BCUT2D eigenvalue weighted by molar-refractivity contribution is 5.88. The summed E-state index contributed by atoms with van der Waals surface area (Å²) in [5.41, 5.74) is 1.18. The molecule has 1 aromatic rings. The predicted octanol–water partition coefficient (Wildman–Crippen LogP) is 1.64. The third-order valence-corrected chi connectivity index (χ3v) is 2.98. The van der Waals surface area contributed by atoms with Gasteiger partial charge in [0.1, 0.15) is 0 Å². The third-order valence-electron chi connectivity index (χ3n) is 2.98. The lowest BCUT2D eigenvalue weighted by atomic mass is 10.2. The van der Waals surface area contributed by atoms with Crippen LogP contribution in [0.4, 0.5) is 0 Å². The average Bonchev–Trinajstić information content (AvgIpc) is 2.46. The standard InChI is InChI=1S/C15H22N2O4/c1-5-21-14(18)10-17(11(2)3)9-13-7-6-12(8-16-13)15(19)20-4/h6-8,11H,5,9-10H2,1-4H3. The second-order valence-electron chi connectivity index (χ2n) is 4.83. The van der Waals surface area contributed by atoms with E-state index in [1.54, 1.807) is 19.1 Å². The number of esters is 2. The van der Waals surface area contributed by atoms with Crippen LogP contribution < -0.4 is 0 Å². The molecule has 116 valence electrons. The van der Waals surface area contributed by atoms with Crippen molar-refractivity contribution in [1.29, 1.82) is 0 Å². The van der Waals surface area contributed by atoms with Crippen molar-refractivity contribution in [2.45, 2.75) is 33.4 Å². The van der Waals surface area contributed by atoms with E-state index in [1.807, 2.05) is 18.7 Å². The molecular formula is C15H22N2O4. The van der Waals surface area contributed by atoms with Crippen molar-refractivity contribution in [3.8, 4) is 0 Å². The molecule has 0 aliphatic heterocycles. The van der Waals surface area contributed by atoms with Gasteiger partial charge < -0.3 is 9.47 Å². The summed E-state index contributed by atoms with van der Waals surface area (Å²) >= 11 is 0. The van der Waals surface area contributed by atoms with Crippen LogP contribution in [0.5, 0.6) is 0 Å². The smallest absolute Gasteiger partial charge is 0.339 e. The molecule has 0 aliphatic carbocycles. The molecule has 0 bridgehead atoms. The Labute approximate surface area is 125 Å². The van der Waals surface area contributed by atoms with Crippen molar-refractivity contribution in [1.82, 2.24) is 9.88 Å². The number of hydrogen-bond acceptors (Lipinski definition) is 6. The zero-order valence-electron chi connectivity index (χ0n) is 13.0. The number of hydrogen-bond donors (Lipinski definition) is 0. The number of carbonyl (C=O) groups is 2. The first kappa shape index (κ1) is 17.1. The summed E-state index contributed by atoms with van der Waals surface area (Å²) in [5.74, 6) is -0.668. The molecule has 0 fully saturated rings. The molecule has 0 spiro atoms. The minimum atomic E-state index is -0.415. The van der Waals surface area contributed by atoms with Crippen LogP contribution in [0.1, 0.15) is 36.8 Å². The van der Waals surface area contributed by atoms with E-state index in [0.29, 0.717) is 18.7 Å². The Bertz CT molecular complexity index is 471. The number of nitrogens with zero attached hydrogens (tertiary/aromatic N) is 2. The fourth-order valence-corrected chi connectivity index (χ4v) is 1.76. The van der Waals surface area contributed by atoms with Crippen LogP contribution in [-0.4, -0.2) is 48.1 Å². The Balaban J connectivity index is 2.71. The van der Waals surface area contributed by atoms with Crippen molar-refractivity contribution >= 4 is 11.9 Å². The van der Waals surface area contributed by atoms with Gasteiger partial charge in [-0.05, 0) is 32.9 Å². The minimum absolute atomic E-state index is 0.177. The summed E-state index contributed by atoms with van der Waals surface area (Å²) in [4.78, 5) is 29.1. The van der Waals surface area contributed by atoms with Gasteiger partial charge in [0.15, 0.2) is 0 Å². The molecule has 6 heteroatoms. The molecule has 0 N–H and O–H groups in total. The molecule has 1 rings (SSSR count). The normalized spacial score (nSPS) is 10.8. The van der Waals surface area contributed by atoms with E-state index in [-0.39, 0.29) is 18.6 Å². The molecule has 1 aromatic heterocycles. The monoisotopic (exact) mass is 294 g/mol. The van der Waals surface area contributed by atoms with E-state index in [0.717, 1.165) is 5.69 Å². The van der Waals surface area contributed by atoms with Crippen LogP contribution in [0, 0.1) is 0 Å². The quantitative estimate of drug-likeness (QED) is 0.712. The first-order valence-corrected chi connectivity index (χ1v) is 6.90. The van der Waals surface area contributed by atoms with Gasteiger partial charge in [-0.25, -0.2) is 4.79 Å². The molecule has 1 heterocycles. The van der Waals surface area contributed by atoms with Crippen LogP contribution in [0.2, 0.25) is 0 Å². The highest BCUT2D eigenvalue weighted by Gasteiger charge is 2.16. The predicted molar refractivity (Wildman–Crippen MR) is 77.8 cm³/mol. The Hall–Kier alpha value is -1.95. The Morgan fingerprint density at radius 3 is 2.52 bits per heavy atom. The lowest BCUT2D eigenvalue weighted by Crippen LogP contribution is -2.36. The molecule has 0 saturated heterocycles. The largest absolute Gasteiger partial charge is 0.465 e. The maximum atomic E-state index is 11.6. The van der Waals surface area contributed by atoms with Gasteiger partial charge in [-0.15, -0.1) is 0 Å². The fraction of sp³-hybridized carbons (Fsp3) is 0.533. The van der Waals surface area contributed by atoms with Crippen molar-refractivity contribution in [3.05, 3.63) is 29.6 Å². The zero-order chi connectivity index (χ0) is 15.8. The summed E-state index contributed by atoms with van der Waals surface area (Å²) in [5, 5.41) is 0. The van der Waals surface area contributed by atoms with Crippen LogP contribution in [0.15, 0.2) is 18.3 Å². The number of ether oxygens (including phenoxy) is 2. The van der Waals surface area contributed by atoms with E-state index >= 15 is 0 Å². The summed E-state index contributed by atoms with van der Waals surface area (Å²) in [6.45, 7) is 6.88. The van der Waals surface area contributed by atoms with Gasteiger partial charge in [0.25, 0.3) is 0 Å². The number of pyridine rings is 1. The lowest BCUT2D eigenvalue weighted by Gasteiger charge is -2.24. The van der Waals surface area contributed by atoms with Crippen LogP contribution in [0.3, 0.4) is 0 Å². The number of rotatable bonds is 7. The molecule has 0 aliphatic rings. The first-order chi connectivity index (χ1) is 9.97. The van der Waals surface area contributed by atoms with Gasteiger partial charge in [0, 0.05) is 18.8 Å². The van der Waals surface area contributed by atoms with E-state index in [1.165, 1.54) is 13.3 Å². The van der Waals surface area contributed by atoms with Crippen molar-refractivity contribution in [2.24, 2.45) is 0 Å². The average molecular weight is 294 g/mol. The third kappa shape index (κ3) is 5.51. The van der Waals surface area contributed by atoms with Gasteiger partial charge in [0.05, 0.1) is 31.5 Å². The maximum absolute atomic E-state index is 11.6. The zero-order valence-corrected chi connectivity index (χ0v) is 13.0. The second kappa shape index (κ2) is 8.36. The van der Waals surface area contributed by atoms with E-state index in [4.69, 9.17) is 4.74 Å². The van der Waals surface area contributed by atoms with Crippen molar-refractivity contribution < 1.29 is 19.1 Å². The molecule has 0 amide bonds. The Morgan fingerprint density at radius 1 is 1.33 bits per heavy atom. The summed E-state index contributed by atoms with van der Waals surface area (Å²) in [6.07, 6.45) is 1.48. The molecule has 0 aromatic carbocycles. The lowest BCUT2D eigenvalue weighted by molar-refractivity contribution is -0.145. The first-order valence-electron chi connectivity index (χ1n) is 6.90. The molecule has 21 heavy (non-hydrogen) atoms. The minimum Gasteiger partial charge on any atom is -0.465 e. The number of methoxy groups -OCH3 is 1. The maximum Gasteiger partial charge on any atom is 0.339 e. The molecule has 0 radical (unpaired) electrons. The SMILES string of the molecule is CCOC(=O)CN(Cc1ccc(C(=O)OC)cn1)C(C)C. The number of aromatic nitrogens is 1. The molecule has 0 saturated carbocycles. The van der Waals surface area contributed by atoms with Crippen LogP contribution >= 0.6 is 0 Å². The molecule has 0 atom stereocenters. The van der Waals surface area contributed by atoms with Gasteiger partial charge >= 0.3 is 11.9 Å². The van der Waals surface area contributed by atoms with Gasteiger partial charge in [0.2, 0.25) is 0 Å². The molecule has 0 unspecified atom stereocenters.